The van der Waals surface area contributed by atoms with E-state index in [1.165, 1.54) is 31.4 Å². The number of rotatable bonds is 6. The Bertz CT molecular complexity index is 567. The lowest BCUT2D eigenvalue weighted by Crippen LogP contribution is -2.20. The highest BCUT2D eigenvalue weighted by Gasteiger charge is 2.22. The van der Waals surface area contributed by atoms with Crippen molar-refractivity contribution in [3.05, 3.63) is 40.3 Å². The van der Waals surface area contributed by atoms with E-state index in [1.54, 1.807) is 0 Å². The first-order valence-corrected chi connectivity index (χ1v) is 7.26. The number of hydrogen-bond acceptors (Lipinski definition) is 4. The van der Waals surface area contributed by atoms with Crippen LogP contribution < -0.4 is 0 Å². The predicted octanol–water partition coefficient (Wildman–Crippen LogP) is 2.43. The van der Waals surface area contributed by atoms with E-state index in [0.717, 1.165) is 6.26 Å². The molecular weight excluding hydrogens is 273 g/mol. The van der Waals surface area contributed by atoms with Gasteiger partial charge in [0.2, 0.25) is 0 Å². The van der Waals surface area contributed by atoms with Crippen LogP contribution in [-0.2, 0) is 14.6 Å². The van der Waals surface area contributed by atoms with Gasteiger partial charge in [0, 0.05) is 18.3 Å². The molecule has 0 fully saturated rings. The van der Waals surface area contributed by atoms with Gasteiger partial charge in [0.15, 0.2) is 9.84 Å². The van der Waals surface area contributed by atoms with E-state index in [9.17, 15) is 12.8 Å². The van der Waals surface area contributed by atoms with Crippen molar-refractivity contribution in [2.75, 3.05) is 20.0 Å². The number of halogens is 1. The van der Waals surface area contributed by atoms with Gasteiger partial charge in [-0.25, -0.2) is 8.42 Å². The standard InChI is InChI=1S/C11H14FN3O3S/c1-18-11(10(7-12)14-15-13)8-3-5-9(6-4-8)19(2,16)17/h3-6,10-11H,7H2,1-2H3/t10?,11-/m1/s1. The molecule has 0 heterocycles. The van der Waals surface area contributed by atoms with Crippen LogP contribution in [-0.4, -0.2) is 34.5 Å². The summed E-state index contributed by atoms with van der Waals surface area (Å²) in [6, 6.07) is 4.85. The SMILES string of the molecule is CO[C@H](c1ccc(S(C)(=O)=O)cc1)C(CF)N=[N+]=[N-]. The number of hydrogen-bond donors (Lipinski definition) is 0. The van der Waals surface area contributed by atoms with Gasteiger partial charge in [-0.1, -0.05) is 17.2 Å². The van der Waals surface area contributed by atoms with Gasteiger partial charge in [-0.3, -0.25) is 4.39 Å². The number of ether oxygens (including phenoxy) is 1. The van der Waals surface area contributed by atoms with E-state index in [0.29, 0.717) is 5.56 Å². The largest absolute Gasteiger partial charge is 0.376 e. The monoisotopic (exact) mass is 287 g/mol. The lowest BCUT2D eigenvalue weighted by Gasteiger charge is -2.20. The number of nitrogens with zero attached hydrogens (tertiary/aromatic N) is 3. The van der Waals surface area contributed by atoms with Gasteiger partial charge < -0.3 is 4.74 Å². The van der Waals surface area contributed by atoms with Crippen molar-refractivity contribution in [3.63, 3.8) is 0 Å². The van der Waals surface area contributed by atoms with Crippen molar-refractivity contribution >= 4 is 9.84 Å². The van der Waals surface area contributed by atoms with Crippen LogP contribution in [0.5, 0.6) is 0 Å². The van der Waals surface area contributed by atoms with E-state index in [-0.39, 0.29) is 4.90 Å². The molecule has 2 atom stereocenters. The Morgan fingerprint density at radius 1 is 1.42 bits per heavy atom. The molecule has 104 valence electrons. The molecule has 1 rings (SSSR count). The van der Waals surface area contributed by atoms with E-state index in [2.05, 4.69) is 10.0 Å². The predicted molar refractivity (Wildman–Crippen MR) is 68.2 cm³/mol. The molecule has 0 aliphatic rings. The van der Waals surface area contributed by atoms with Crippen LogP contribution >= 0.6 is 0 Å². The fourth-order valence-corrected chi connectivity index (χ4v) is 2.29. The summed E-state index contributed by atoms with van der Waals surface area (Å²) in [4.78, 5) is 2.73. The molecular formula is C11H14FN3O3S. The van der Waals surface area contributed by atoms with Crippen LogP contribution in [0.4, 0.5) is 4.39 Å². The third-order valence-corrected chi connectivity index (χ3v) is 3.73. The molecule has 0 spiro atoms. The molecule has 1 aromatic rings. The lowest BCUT2D eigenvalue weighted by molar-refractivity contribution is 0.0721. The molecule has 6 nitrogen and oxygen atoms in total. The maximum atomic E-state index is 12.8. The minimum Gasteiger partial charge on any atom is -0.376 e. The van der Waals surface area contributed by atoms with Gasteiger partial charge in [0.05, 0.1) is 17.0 Å². The molecule has 0 N–H and O–H groups in total. The van der Waals surface area contributed by atoms with Crippen molar-refractivity contribution < 1.29 is 17.5 Å². The number of azide groups is 1. The van der Waals surface area contributed by atoms with Crippen molar-refractivity contribution in [1.29, 1.82) is 0 Å². The Morgan fingerprint density at radius 3 is 2.37 bits per heavy atom. The average molecular weight is 287 g/mol. The minimum absolute atomic E-state index is 0.159. The minimum atomic E-state index is -3.28. The van der Waals surface area contributed by atoms with E-state index in [1.807, 2.05) is 0 Å². The summed E-state index contributed by atoms with van der Waals surface area (Å²) in [6.07, 6.45) is 0.342. The molecule has 0 radical (unpaired) electrons. The third kappa shape index (κ3) is 3.92. The van der Waals surface area contributed by atoms with Crippen molar-refractivity contribution in [2.45, 2.75) is 17.0 Å². The first kappa shape index (κ1) is 15.4. The van der Waals surface area contributed by atoms with Crippen molar-refractivity contribution in [3.8, 4) is 0 Å². The maximum Gasteiger partial charge on any atom is 0.175 e. The second kappa shape index (κ2) is 6.51. The summed E-state index contributed by atoms with van der Waals surface area (Å²) < 4.78 is 40.5. The summed E-state index contributed by atoms with van der Waals surface area (Å²) in [5.74, 6) is 0. The second-order valence-electron chi connectivity index (χ2n) is 3.92. The summed E-state index contributed by atoms with van der Waals surface area (Å²) in [7, 11) is -1.92. The molecule has 0 amide bonds. The lowest BCUT2D eigenvalue weighted by atomic mass is 10.0. The van der Waals surface area contributed by atoms with Gasteiger partial charge in [-0.05, 0) is 23.2 Å². The quantitative estimate of drug-likeness (QED) is 0.457. The first-order chi connectivity index (χ1) is 8.93. The van der Waals surface area contributed by atoms with E-state index < -0.39 is 28.7 Å². The fourth-order valence-electron chi connectivity index (χ4n) is 1.66. The molecule has 0 saturated carbocycles. The van der Waals surface area contributed by atoms with E-state index in [4.69, 9.17) is 10.3 Å². The number of methoxy groups -OCH3 is 1. The normalized spacial score (nSPS) is 14.5. The third-order valence-electron chi connectivity index (χ3n) is 2.60. The molecule has 1 aromatic carbocycles. The Hall–Kier alpha value is -1.63. The first-order valence-electron chi connectivity index (χ1n) is 5.37. The van der Waals surface area contributed by atoms with Crippen LogP contribution in [0.1, 0.15) is 11.7 Å². The highest BCUT2D eigenvalue weighted by Crippen LogP contribution is 2.24. The molecule has 0 aromatic heterocycles. The van der Waals surface area contributed by atoms with Gasteiger partial charge in [0.1, 0.15) is 6.67 Å². The molecule has 0 saturated heterocycles. The average Bonchev–Trinajstić information content (AvgIpc) is 2.38. The fraction of sp³-hybridized carbons (Fsp3) is 0.455. The van der Waals surface area contributed by atoms with Crippen molar-refractivity contribution in [2.24, 2.45) is 5.11 Å². The number of sulfone groups is 1. The van der Waals surface area contributed by atoms with Crippen LogP contribution in [0.25, 0.3) is 10.4 Å². The molecule has 8 heteroatoms. The van der Waals surface area contributed by atoms with Crippen LogP contribution in [0.3, 0.4) is 0 Å². The maximum absolute atomic E-state index is 12.8. The van der Waals surface area contributed by atoms with Gasteiger partial charge in [0.25, 0.3) is 0 Å². The summed E-state index contributed by atoms with van der Waals surface area (Å²) in [5, 5.41) is 3.32. The molecule has 0 aliphatic heterocycles. The Kier molecular flexibility index (Phi) is 5.29. The van der Waals surface area contributed by atoms with Crippen LogP contribution in [0, 0.1) is 0 Å². The number of alkyl halides is 1. The molecule has 0 aliphatic carbocycles. The highest BCUT2D eigenvalue weighted by molar-refractivity contribution is 7.90. The zero-order valence-corrected chi connectivity index (χ0v) is 11.3. The van der Waals surface area contributed by atoms with Gasteiger partial charge in [-0.15, -0.1) is 0 Å². The molecule has 19 heavy (non-hydrogen) atoms. The Labute approximate surface area is 110 Å². The molecule has 1 unspecified atom stereocenters. The van der Waals surface area contributed by atoms with Crippen LogP contribution in [0.15, 0.2) is 34.3 Å². The van der Waals surface area contributed by atoms with E-state index >= 15 is 0 Å². The highest BCUT2D eigenvalue weighted by atomic mass is 32.2. The molecule has 0 bridgehead atoms. The Balaban J connectivity index is 3.09. The van der Waals surface area contributed by atoms with Crippen LogP contribution in [0.2, 0.25) is 0 Å². The summed E-state index contributed by atoms with van der Waals surface area (Å²) >= 11 is 0. The second-order valence-corrected chi connectivity index (χ2v) is 5.94. The topological polar surface area (TPSA) is 92.1 Å². The Morgan fingerprint density at radius 2 is 2.00 bits per heavy atom. The smallest absolute Gasteiger partial charge is 0.175 e. The van der Waals surface area contributed by atoms with Gasteiger partial charge >= 0.3 is 0 Å². The zero-order chi connectivity index (χ0) is 14.5. The van der Waals surface area contributed by atoms with Gasteiger partial charge in [-0.2, -0.15) is 0 Å². The zero-order valence-electron chi connectivity index (χ0n) is 10.5. The summed E-state index contributed by atoms with van der Waals surface area (Å²) in [5.41, 5.74) is 8.91. The van der Waals surface area contributed by atoms with Crippen molar-refractivity contribution in [1.82, 2.24) is 0 Å². The summed E-state index contributed by atoms with van der Waals surface area (Å²) in [6.45, 7) is -0.865. The number of benzene rings is 1.